The normalized spacial score (nSPS) is 30.7. The maximum atomic E-state index is 12.1. The fourth-order valence-electron chi connectivity index (χ4n) is 3.25. The lowest BCUT2D eigenvalue weighted by Crippen LogP contribution is -2.67. The largest absolute Gasteiger partial charge is 0.374 e. The first-order chi connectivity index (χ1) is 8.70. The average Bonchev–Trinajstić information content (AvgIpc) is 2.23. The van der Waals surface area contributed by atoms with Crippen LogP contribution in [0.1, 0.15) is 25.7 Å². The van der Waals surface area contributed by atoms with Crippen molar-refractivity contribution < 1.29 is 9.53 Å². The summed E-state index contributed by atoms with van der Waals surface area (Å²) in [6.45, 7) is 4.23. The van der Waals surface area contributed by atoms with E-state index in [0.29, 0.717) is 6.54 Å². The summed E-state index contributed by atoms with van der Waals surface area (Å²) < 4.78 is 5.65. The number of likely N-dealkylation sites (N-methyl/N-ethyl adjacent to an activating group) is 1. The summed E-state index contributed by atoms with van der Waals surface area (Å²) in [4.78, 5) is 16.4. The Morgan fingerprint density at radius 2 is 2.22 bits per heavy atom. The van der Waals surface area contributed by atoms with Gasteiger partial charge in [0.05, 0.1) is 12.7 Å². The molecule has 2 saturated heterocycles. The Bertz CT molecular complexity index is 325. The monoisotopic (exact) mass is 253 g/mol. The number of urea groups is 1. The third kappa shape index (κ3) is 2.10. The third-order valence-electron chi connectivity index (χ3n) is 4.73. The molecular weight excluding hydrogens is 230 g/mol. The minimum Gasteiger partial charge on any atom is -0.374 e. The van der Waals surface area contributed by atoms with Crippen molar-refractivity contribution in [3.05, 3.63) is 0 Å². The Kier molecular flexibility index (Phi) is 3.20. The first-order valence-corrected chi connectivity index (χ1v) is 7.05. The van der Waals surface area contributed by atoms with Crippen molar-refractivity contribution in [2.45, 2.75) is 37.3 Å². The Morgan fingerprint density at radius 3 is 2.78 bits per heavy atom. The van der Waals surface area contributed by atoms with Gasteiger partial charge in [0.25, 0.3) is 0 Å². The predicted molar refractivity (Wildman–Crippen MR) is 68.5 cm³/mol. The van der Waals surface area contributed by atoms with Crippen molar-refractivity contribution in [2.75, 3.05) is 39.8 Å². The quantitative estimate of drug-likeness (QED) is 0.786. The van der Waals surface area contributed by atoms with E-state index in [-0.39, 0.29) is 17.7 Å². The molecule has 5 nitrogen and oxygen atoms in total. The summed E-state index contributed by atoms with van der Waals surface area (Å²) in [5.41, 5.74) is 0.244. The standard InChI is InChI=1S/C13H23N3O2/c1-15-7-8-18-11(10-15)9-14-12(17)16-6-5-13(16)3-2-4-13/h11H,2-10H2,1H3,(H,14,17). The van der Waals surface area contributed by atoms with E-state index in [9.17, 15) is 4.79 Å². The number of ether oxygens (including phenoxy) is 1. The highest BCUT2D eigenvalue weighted by Crippen LogP contribution is 2.46. The topological polar surface area (TPSA) is 44.8 Å². The lowest BCUT2D eigenvalue weighted by molar-refractivity contribution is -0.0416. The van der Waals surface area contributed by atoms with Gasteiger partial charge in [0.1, 0.15) is 0 Å². The number of rotatable bonds is 2. The number of amides is 2. The summed E-state index contributed by atoms with van der Waals surface area (Å²) in [6.07, 6.45) is 5.02. The molecule has 1 N–H and O–H groups in total. The number of hydrogen-bond acceptors (Lipinski definition) is 3. The highest BCUT2D eigenvalue weighted by atomic mass is 16.5. The van der Waals surface area contributed by atoms with Gasteiger partial charge in [-0.15, -0.1) is 0 Å². The second-order valence-electron chi connectivity index (χ2n) is 5.92. The first kappa shape index (κ1) is 12.2. The van der Waals surface area contributed by atoms with E-state index in [1.54, 1.807) is 0 Å². The van der Waals surface area contributed by atoms with Crippen LogP contribution in [0.2, 0.25) is 0 Å². The van der Waals surface area contributed by atoms with Crippen LogP contribution in [0.3, 0.4) is 0 Å². The lowest BCUT2D eigenvalue weighted by Gasteiger charge is -2.58. The van der Waals surface area contributed by atoms with Gasteiger partial charge in [-0.3, -0.25) is 0 Å². The van der Waals surface area contributed by atoms with Crippen molar-refractivity contribution in [1.82, 2.24) is 15.1 Å². The maximum Gasteiger partial charge on any atom is 0.317 e. The third-order valence-corrected chi connectivity index (χ3v) is 4.73. The number of hydrogen-bond donors (Lipinski definition) is 1. The average molecular weight is 253 g/mol. The van der Waals surface area contributed by atoms with Crippen LogP contribution in [-0.2, 0) is 4.74 Å². The molecule has 1 aliphatic carbocycles. The van der Waals surface area contributed by atoms with Gasteiger partial charge in [-0.1, -0.05) is 0 Å². The van der Waals surface area contributed by atoms with Crippen molar-refractivity contribution in [1.29, 1.82) is 0 Å². The van der Waals surface area contributed by atoms with E-state index >= 15 is 0 Å². The minimum atomic E-state index is 0.109. The fraction of sp³-hybridized carbons (Fsp3) is 0.923. The molecule has 18 heavy (non-hydrogen) atoms. The van der Waals surface area contributed by atoms with E-state index in [1.165, 1.54) is 25.7 Å². The molecular formula is C13H23N3O2. The SMILES string of the molecule is CN1CCOC(CNC(=O)N2CCC23CCC3)C1. The van der Waals surface area contributed by atoms with Gasteiger partial charge < -0.3 is 19.9 Å². The van der Waals surface area contributed by atoms with Gasteiger partial charge in [0.15, 0.2) is 0 Å². The summed E-state index contributed by atoms with van der Waals surface area (Å²) in [6, 6.07) is 0.109. The van der Waals surface area contributed by atoms with Crippen molar-refractivity contribution in [2.24, 2.45) is 0 Å². The predicted octanol–water partition coefficient (Wildman–Crippen LogP) is 0.655. The van der Waals surface area contributed by atoms with Gasteiger partial charge in [-0.05, 0) is 32.7 Å². The van der Waals surface area contributed by atoms with Crippen LogP contribution in [0.15, 0.2) is 0 Å². The van der Waals surface area contributed by atoms with E-state index in [0.717, 1.165) is 26.2 Å². The molecule has 2 heterocycles. The molecule has 3 fully saturated rings. The first-order valence-electron chi connectivity index (χ1n) is 7.05. The molecule has 0 bridgehead atoms. The van der Waals surface area contributed by atoms with Gasteiger partial charge in [-0.2, -0.15) is 0 Å². The summed E-state index contributed by atoms with van der Waals surface area (Å²) in [5.74, 6) is 0. The van der Waals surface area contributed by atoms with Gasteiger partial charge in [0, 0.05) is 31.7 Å². The zero-order valence-corrected chi connectivity index (χ0v) is 11.2. The second-order valence-corrected chi connectivity index (χ2v) is 5.92. The molecule has 0 aromatic heterocycles. The highest BCUT2D eigenvalue weighted by molar-refractivity contribution is 5.76. The van der Waals surface area contributed by atoms with E-state index < -0.39 is 0 Å². The Hall–Kier alpha value is -0.810. The molecule has 3 aliphatic rings. The number of carbonyl (C=O) groups excluding carboxylic acids is 1. The van der Waals surface area contributed by atoms with Crippen LogP contribution in [-0.4, -0.2) is 67.3 Å². The number of likely N-dealkylation sites (tertiary alicyclic amines) is 1. The second kappa shape index (κ2) is 4.70. The fourth-order valence-corrected chi connectivity index (χ4v) is 3.25. The van der Waals surface area contributed by atoms with Crippen molar-refractivity contribution in [3.63, 3.8) is 0 Å². The summed E-state index contributed by atoms with van der Waals surface area (Å²) in [7, 11) is 2.09. The molecule has 0 aromatic carbocycles. The molecule has 102 valence electrons. The lowest BCUT2D eigenvalue weighted by atomic mass is 9.68. The van der Waals surface area contributed by atoms with Gasteiger partial charge in [-0.25, -0.2) is 4.79 Å². The molecule has 1 spiro atoms. The molecule has 2 aliphatic heterocycles. The van der Waals surface area contributed by atoms with Crippen LogP contribution in [0.25, 0.3) is 0 Å². The molecule has 1 unspecified atom stereocenters. The minimum absolute atomic E-state index is 0.109. The van der Waals surface area contributed by atoms with Crippen molar-refractivity contribution >= 4 is 6.03 Å². The van der Waals surface area contributed by atoms with Gasteiger partial charge >= 0.3 is 6.03 Å². The Morgan fingerprint density at radius 1 is 1.39 bits per heavy atom. The van der Waals surface area contributed by atoms with Crippen LogP contribution in [0, 0.1) is 0 Å². The maximum absolute atomic E-state index is 12.1. The van der Waals surface area contributed by atoms with E-state index in [1.807, 2.05) is 4.90 Å². The van der Waals surface area contributed by atoms with Crippen molar-refractivity contribution in [3.8, 4) is 0 Å². The molecule has 1 atom stereocenters. The molecule has 3 rings (SSSR count). The van der Waals surface area contributed by atoms with Crippen LogP contribution in [0.5, 0.6) is 0 Å². The number of nitrogens with zero attached hydrogens (tertiary/aromatic N) is 2. The highest BCUT2D eigenvalue weighted by Gasteiger charge is 2.51. The van der Waals surface area contributed by atoms with E-state index in [4.69, 9.17) is 4.74 Å². The number of morpholine rings is 1. The molecule has 2 amide bonds. The summed E-state index contributed by atoms with van der Waals surface area (Å²) >= 11 is 0. The molecule has 1 saturated carbocycles. The van der Waals surface area contributed by atoms with E-state index in [2.05, 4.69) is 17.3 Å². The smallest absolute Gasteiger partial charge is 0.317 e. The zero-order valence-electron chi connectivity index (χ0n) is 11.2. The Balaban J connectivity index is 1.44. The number of carbonyl (C=O) groups is 1. The molecule has 0 aromatic rings. The Labute approximate surface area is 108 Å². The zero-order chi connectivity index (χ0) is 12.6. The molecule has 0 radical (unpaired) electrons. The van der Waals surface area contributed by atoms with Gasteiger partial charge in [0.2, 0.25) is 0 Å². The molecule has 5 heteroatoms. The van der Waals surface area contributed by atoms with Crippen LogP contribution < -0.4 is 5.32 Å². The van der Waals surface area contributed by atoms with Crippen LogP contribution >= 0.6 is 0 Å². The van der Waals surface area contributed by atoms with Crippen LogP contribution in [0.4, 0.5) is 4.79 Å². The summed E-state index contributed by atoms with van der Waals surface area (Å²) in [5, 5.41) is 3.03. The number of nitrogens with one attached hydrogen (secondary N) is 1.